The van der Waals surface area contributed by atoms with Crippen LogP contribution in [-0.2, 0) is 28.6 Å². The van der Waals surface area contributed by atoms with E-state index in [2.05, 4.69) is 74.6 Å². The number of hydrogen-bond donors (Lipinski definition) is 0. The average molecular weight is 926 g/mol. The second-order valence-corrected chi connectivity index (χ2v) is 19.4. The zero-order valence-electron chi connectivity index (χ0n) is 43.6. The molecule has 0 heterocycles. The number of esters is 2. The van der Waals surface area contributed by atoms with Gasteiger partial charge in [0.05, 0.1) is 40.3 Å². The lowest BCUT2D eigenvalue weighted by Crippen LogP contribution is -2.55. The van der Waals surface area contributed by atoms with Gasteiger partial charge in [-0.05, 0) is 70.6 Å². The van der Waals surface area contributed by atoms with Gasteiger partial charge in [0.25, 0.3) is 0 Å². The lowest BCUT2D eigenvalue weighted by atomic mass is 10.0. The van der Waals surface area contributed by atoms with Crippen molar-refractivity contribution in [1.29, 1.82) is 0 Å². The molecule has 0 rings (SSSR count). The van der Waals surface area contributed by atoms with Crippen molar-refractivity contribution in [2.75, 3.05) is 41.0 Å². The van der Waals surface area contributed by atoms with Crippen LogP contribution in [0.1, 0.15) is 239 Å². The van der Waals surface area contributed by atoms with Crippen molar-refractivity contribution in [1.82, 2.24) is 0 Å². The van der Waals surface area contributed by atoms with E-state index < -0.39 is 18.1 Å². The number of allylic oxidation sites excluding steroid dienone is 10. The summed E-state index contributed by atoms with van der Waals surface area (Å²) in [4.78, 5) is 37.1. The second-order valence-electron chi connectivity index (χ2n) is 19.4. The van der Waals surface area contributed by atoms with Gasteiger partial charge in [-0.2, -0.15) is 0 Å². The Morgan fingerprint density at radius 1 is 0.455 bits per heavy atom. The van der Waals surface area contributed by atoms with Gasteiger partial charge in [-0.25, -0.2) is 0 Å². The van der Waals surface area contributed by atoms with Crippen molar-refractivity contribution in [3.05, 3.63) is 60.8 Å². The Kier molecular flexibility index (Phi) is 46.3. The highest BCUT2D eigenvalue weighted by Gasteiger charge is 2.25. The Labute approximate surface area is 407 Å². The number of carboxylic acid groups (broad SMARTS) is 1. The minimum absolute atomic E-state index is 0.0399. The summed E-state index contributed by atoms with van der Waals surface area (Å²) in [5, 5.41) is 11.7. The van der Waals surface area contributed by atoms with Gasteiger partial charge in [0.1, 0.15) is 12.6 Å². The third-order valence-corrected chi connectivity index (χ3v) is 12.1. The normalized spacial score (nSPS) is 13.3. The van der Waals surface area contributed by atoms with Crippen LogP contribution in [0.2, 0.25) is 0 Å². The Hall–Kier alpha value is -2.97. The number of carbonyl (C=O) groups excluding carboxylic acids is 3. The van der Waals surface area contributed by atoms with Gasteiger partial charge in [-0.1, -0.05) is 209 Å². The number of unbranched alkanes of at least 4 members (excludes halogenated alkanes) is 25. The molecule has 382 valence electrons. The van der Waals surface area contributed by atoms with Crippen molar-refractivity contribution >= 4 is 17.9 Å². The summed E-state index contributed by atoms with van der Waals surface area (Å²) < 4.78 is 17.3. The number of rotatable bonds is 49. The van der Waals surface area contributed by atoms with Crippen molar-refractivity contribution in [3.63, 3.8) is 0 Å². The Balaban J connectivity index is 4.18. The molecule has 0 fully saturated rings. The van der Waals surface area contributed by atoms with E-state index in [0.29, 0.717) is 12.8 Å². The van der Waals surface area contributed by atoms with Crippen LogP contribution >= 0.6 is 0 Å². The summed E-state index contributed by atoms with van der Waals surface area (Å²) in [6.07, 6.45) is 61.1. The highest BCUT2D eigenvalue weighted by atomic mass is 16.6. The first-order valence-corrected chi connectivity index (χ1v) is 27.3. The first kappa shape index (κ1) is 63.0. The fourth-order valence-electron chi connectivity index (χ4n) is 8.01. The monoisotopic (exact) mass is 926 g/mol. The molecule has 0 aliphatic heterocycles. The second kappa shape index (κ2) is 48.5. The number of nitrogens with zero attached hydrogens (tertiary/aromatic N) is 1. The number of carbonyl (C=O) groups is 3. The molecular weight excluding hydrogens is 823 g/mol. The van der Waals surface area contributed by atoms with Gasteiger partial charge in [0, 0.05) is 19.3 Å². The molecule has 0 N–H and O–H groups in total. The molecule has 0 aromatic rings. The molecule has 0 aromatic heterocycles. The molecule has 2 atom stereocenters. The fourth-order valence-corrected chi connectivity index (χ4v) is 8.01. The van der Waals surface area contributed by atoms with E-state index in [9.17, 15) is 19.5 Å². The third-order valence-electron chi connectivity index (χ3n) is 12.1. The molecule has 8 nitrogen and oxygen atoms in total. The number of aliphatic carboxylic acids is 1. The summed E-state index contributed by atoms with van der Waals surface area (Å²) in [5.41, 5.74) is 0. The smallest absolute Gasteiger partial charge is 0.306 e. The standard InChI is InChI=1S/C58H103NO7/c1-6-8-10-12-14-16-18-20-22-24-26-28-30-32-34-36-38-40-42-44-46-48-56(60)65-53-54(52-64-51-50-55(58(62)63)59(3,4)5)66-57(61)49-47-45-43-41-39-37-35-33-31-29-27-25-23-21-19-17-15-13-11-9-7-2/h8-11,14-17,21,23,54-55H,6-7,12-13,18-20,22,24-53H2,1-5H3/b10-8+,11-9+,16-14+,17-15+,23-21+. The molecule has 0 amide bonds. The SMILES string of the molecule is CC/C=C/C/C=C/C/C=C/CCCCCCCCCCCCCC(=O)OC(COCCC(C(=O)[O-])[N+](C)(C)C)COC(=O)CCCCCCCCCCCCCCCC/C=C/C/C=C/CC. The number of likely N-dealkylation sites (N-methyl/N-ethyl adjacent to an activating group) is 1. The molecule has 0 bridgehead atoms. The first-order valence-electron chi connectivity index (χ1n) is 27.3. The maximum absolute atomic E-state index is 12.8. The molecule has 0 aliphatic carbocycles. The van der Waals surface area contributed by atoms with Crippen LogP contribution < -0.4 is 5.11 Å². The van der Waals surface area contributed by atoms with Crippen molar-refractivity contribution in [2.45, 2.75) is 251 Å². The van der Waals surface area contributed by atoms with Gasteiger partial charge in [-0.15, -0.1) is 0 Å². The fraction of sp³-hybridized carbons (Fsp3) is 0.776. The van der Waals surface area contributed by atoms with E-state index in [-0.39, 0.29) is 42.7 Å². The predicted octanol–water partition coefficient (Wildman–Crippen LogP) is 14.8. The van der Waals surface area contributed by atoms with E-state index in [1.54, 1.807) is 0 Å². The molecule has 0 aliphatic rings. The van der Waals surface area contributed by atoms with Gasteiger partial charge in [0.15, 0.2) is 6.10 Å². The zero-order chi connectivity index (χ0) is 48.4. The van der Waals surface area contributed by atoms with Crippen LogP contribution in [-0.4, -0.2) is 75.5 Å². The van der Waals surface area contributed by atoms with Gasteiger partial charge >= 0.3 is 11.9 Å². The summed E-state index contributed by atoms with van der Waals surface area (Å²) in [6, 6.07) is -0.728. The summed E-state index contributed by atoms with van der Waals surface area (Å²) in [5.74, 6) is -1.73. The van der Waals surface area contributed by atoms with E-state index in [0.717, 1.165) is 70.6 Å². The summed E-state index contributed by atoms with van der Waals surface area (Å²) in [6.45, 7) is 4.48. The molecule has 0 radical (unpaired) electrons. The molecule has 0 saturated carbocycles. The highest BCUT2D eigenvalue weighted by molar-refractivity contribution is 5.70. The highest BCUT2D eigenvalue weighted by Crippen LogP contribution is 2.16. The van der Waals surface area contributed by atoms with Crippen LogP contribution in [0.4, 0.5) is 0 Å². The van der Waals surface area contributed by atoms with Crippen LogP contribution in [0.5, 0.6) is 0 Å². The maximum Gasteiger partial charge on any atom is 0.306 e. The van der Waals surface area contributed by atoms with Crippen molar-refractivity contribution in [3.8, 4) is 0 Å². The van der Waals surface area contributed by atoms with Crippen LogP contribution in [0, 0.1) is 0 Å². The minimum Gasteiger partial charge on any atom is -0.544 e. The minimum atomic E-state index is -1.12. The number of hydrogen-bond acceptors (Lipinski definition) is 7. The molecule has 66 heavy (non-hydrogen) atoms. The molecule has 0 saturated heterocycles. The lowest BCUT2D eigenvalue weighted by Gasteiger charge is -2.34. The molecule has 0 aromatic carbocycles. The first-order chi connectivity index (χ1) is 32.1. The largest absolute Gasteiger partial charge is 0.544 e. The molecule has 2 unspecified atom stereocenters. The van der Waals surface area contributed by atoms with E-state index in [1.165, 1.54) is 135 Å². The predicted molar refractivity (Wildman–Crippen MR) is 277 cm³/mol. The Bertz CT molecular complexity index is 1260. The lowest BCUT2D eigenvalue weighted by molar-refractivity contribution is -0.889. The summed E-state index contributed by atoms with van der Waals surface area (Å²) in [7, 11) is 5.42. The van der Waals surface area contributed by atoms with Gasteiger partial charge in [-0.3, -0.25) is 9.59 Å². The van der Waals surface area contributed by atoms with Gasteiger partial charge < -0.3 is 28.6 Å². The number of quaternary nitrogens is 1. The van der Waals surface area contributed by atoms with Gasteiger partial charge in [0.2, 0.25) is 0 Å². The molecular formula is C58H103NO7. The topological polar surface area (TPSA) is 102 Å². The van der Waals surface area contributed by atoms with Crippen LogP contribution in [0.3, 0.4) is 0 Å². The zero-order valence-corrected chi connectivity index (χ0v) is 43.6. The Morgan fingerprint density at radius 3 is 1.18 bits per heavy atom. The molecule has 8 heteroatoms. The van der Waals surface area contributed by atoms with Crippen molar-refractivity contribution in [2.24, 2.45) is 0 Å². The van der Waals surface area contributed by atoms with E-state index in [4.69, 9.17) is 14.2 Å². The van der Waals surface area contributed by atoms with Crippen LogP contribution in [0.15, 0.2) is 60.8 Å². The maximum atomic E-state index is 12.8. The average Bonchev–Trinajstić information content (AvgIpc) is 3.28. The van der Waals surface area contributed by atoms with E-state index in [1.807, 2.05) is 21.1 Å². The third kappa shape index (κ3) is 46.2. The Morgan fingerprint density at radius 2 is 0.803 bits per heavy atom. The van der Waals surface area contributed by atoms with E-state index >= 15 is 0 Å². The quantitative estimate of drug-likeness (QED) is 0.0259. The number of ether oxygens (including phenoxy) is 3. The van der Waals surface area contributed by atoms with Crippen LogP contribution in [0.25, 0.3) is 0 Å². The molecule has 0 spiro atoms. The number of carboxylic acids is 1. The van der Waals surface area contributed by atoms with Crippen molar-refractivity contribution < 1.29 is 38.2 Å². The summed E-state index contributed by atoms with van der Waals surface area (Å²) >= 11 is 0.